The second kappa shape index (κ2) is 6.27. The number of nitrogens with one attached hydrogen (secondary N) is 1. The van der Waals surface area contributed by atoms with E-state index in [9.17, 15) is 4.79 Å². The molecule has 0 spiro atoms. The van der Waals surface area contributed by atoms with Gasteiger partial charge in [0.25, 0.3) is 5.91 Å². The highest BCUT2D eigenvalue weighted by atomic mass is 32.1. The highest BCUT2D eigenvalue weighted by molar-refractivity contribution is 7.14. The van der Waals surface area contributed by atoms with Gasteiger partial charge in [-0.25, -0.2) is 0 Å². The lowest BCUT2D eigenvalue weighted by Gasteiger charge is -2.33. The van der Waals surface area contributed by atoms with Crippen molar-refractivity contribution >= 4 is 17.2 Å². The summed E-state index contributed by atoms with van der Waals surface area (Å²) in [5, 5.41) is 11.6. The molecule has 0 aromatic carbocycles. The summed E-state index contributed by atoms with van der Waals surface area (Å²) in [5.74, 6) is 0.708. The predicted octanol–water partition coefficient (Wildman–Crippen LogP) is 3.01. The zero-order chi connectivity index (χ0) is 14.8. The average Bonchev–Trinajstić information content (AvgIpc) is 2.80. The Morgan fingerprint density at radius 2 is 2.25 bits per heavy atom. The molecule has 0 aliphatic heterocycles. The molecule has 0 radical (unpaired) electrons. The lowest BCUT2D eigenvalue weighted by Crippen LogP contribution is -2.26. The van der Waals surface area contributed by atoms with Gasteiger partial charge in [-0.2, -0.15) is 0 Å². The molecular formula is C16H25NO2S. The van der Waals surface area contributed by atoms with E-state index >= 15 is 0 Å². The fourth-order valence-electron chi connectivity index (χ4n) is 2.74. The monoisotopic (exact) mass is 295 g/mol. The summed E-state index contributed by atoms with van der Waals surface area (Å²) in [6.07, 6.45) is 4.04. The molecule has 4 heteroatoms. The maximum atomic E-state index is 12.0. The molecule has 1 atom stereocenters. The number of thiophene rings is 1. The van der Waals surface area contributed by atoms with Crippen LogP contribution in [0, 0.1) is 11.3 Å². The molecule has 112 valence electrons. The minimum absolute atomic E-state index is 0.00478. The van der Waals surface area contributed by atoms with Gasteiger partial charge in [0.2, 0.25) is 0 Å². The Morgan fingerprint density at radius 3 is 2.90 bits per heavy atom. The van der Waals surface area contributed by atoms with Crippen LogP contribution < -0.4 is 5.32 Å². The van der Waals surface area contributed by atoms with Crippen molar-refractivity contribution in [2.75, 3.05) is 13.2 Å². The summed E-state index contributed by atoms with van der Waals surface area (Å²) in [7, 11) is 0. The number of hydrogen-bond donors (Lipinski definition) is 2. The summed E-state index contributed by atoms with van der Waals surface area (Å²) in [6, 6.07) is 2.08. The summed E-state index contributed by atoms with van der Waals surface area (Å²) in [6.45, 7) is 7.57. The number of rotatable bonds is 4. The van der Waals surface area contributed by atoms with Crippen molar-refractivity contribution in [3.05, 3.63) is 21.4 Å². The number of carbonyl (C=O) groups is 1. The first kappa shape index (κ1) is 15.5. The third-order valence-electron chi connectivity index (χ3n) is 4.15. The molecule has 1 heterocycles. The summed E-state index contributed by atoms with van der Waals surface area (Å²) in [4.78, 5) is 14.2. The Hall–Kier alpha value is -0.870. The van der Waals surface area contributed by atoms with Crippen molar-refractivity contribution < 1.29 is 9.90 Å². The molecule has 3 nitrogen and oxygen atoms in total. The molecule has 1 aliphatic carbocycles. The van der Waals surface area contributed by atoms with E-state index in [1.54, 1.807) is 11.3 Å². The van der Waals surface area contributed by atoms with Crippen molar-refractivity contribution in [2.24, 2.45) is 11.3 Å². The fraction of sp³-hybridized carbons (Fsp3) is 0.688. The standard InChI is InChI=1S/C16H25NO2S/c1-16(2,3)12-5-6-13-11(9-12)10-14(20-13)15(19)17-7-4-8-18/h10,12,18H,4-9H2,1-3H3,(H,17,19). The van der Waals surface area contributed by atoms with Crippen molar-refractivity contribution in [3.63, 3.8) is 0 Å². The number of carbonyl (C=O) groups excluding carboxylic acids is 1. The van der Waals surface area contributed by atoms with Crippen LogP contribution in [0.4, 0.5) is 0 Å². The second-order valence-corrected chi connectivity index (χ2v) is 7.83. The Bertz CT molecular complexity index is 473. The number of amides is 1. The number of aryl methyl sites for hydroxylation is 1. The number of aliphatic hydroxyl groups is 1. The van der Waals surface area contributed by atoms with E-state index in [2.05, 4.69) is 32.2 Å². The molecule has 0 saturated heterocycles. The van der Waals surface area contributed by atoms with E-state index < -0.39 is 0 Å². The zero-order valence-electron chi connectivity index (χ0n) is 12.7. The molecule has 1 aliphatic rings. The first-order valence-corrected chi connectivity index (χ1v) is 8.24. The van der Waals surface area contributed by atoms with E-state index in [1.807, 2.05) is 0 Å². The second-order valence-electron chi connectivity index (χ2n) is 6.70. The molecule has 1 unspecified atom stereocenters. The molecule has 1 aromatic rings. The van der Waals surface area contributed by atoms with Crippen molar-refractivity contribution in [3.8, 4) is 0 Å². The topological polar surface area (TPSA) is 49.3 Å². The molecule has 1 aromatic heterocycles. The molecule has 0 saturated carbocycles. The van der Waals surface area contributed by atoms with Crippen LogP contribution in [-0.4, -0.2) is 24.2 Å². The van der Waals surface area contributed by atoms with E-state index in [1.165, 1.54) is 16.9 Å². The van der Waals surface area contributed by atoms with Gasteiger partial charge in [0.05, 0.1) is 4.88 Å². The predicted molar refractivity (Wildman–Crippen MR) is 83.3 cm³/mol. The fourth-order valence-corrected chi connectivity index (χ4v) is 3.87. The van der Waals surface area contributed by atoms with Gasteiger partial charge in [-0.05, 0) is 48.6 Å². The van der Waals surface area contributed by atoms with E-state index in [4.69, 9.17) is 5.11 Å². The quantitative estimate of drug-likeness (QED) is 0.839. The first-order chi connectivity index (χ1) is 9.41. The summed E-state index contributed by atoms with van der Waals surface area (Å²) < 4.78 is 0. The maximum Gasteiger partial charge on any atom is 0.261 e. The van der Waals surface area contributed by atoms with Crippen molar-refractivity contribution in [1.82, 2.24) is 5.32 Å². The van der Waals surface area contributed by atoms with E-state index in [0.717, 1.165) is 17.7 Å². The largest absolute Gasteiger partial charge is 0.396 e. The molecule has 1 amide bonds. The Morgan fingerprint density at radius 1 is 1.50 bits per heavy atom. The van der Waals surface area contributed by atoms with Gasteiger partial charge in [-0.1, -0.05) is 20.8 Å². The Kier molecular flexibility index (Phi) is 4.86. The van der Waals surface area contributed by atoms with Gasteiger partial charge < -0.3 is 10.4 Å². The average molecular weight is 295 g/mol. The lowest BCUT2D eigenvalue weighted by molar-refractivity contribution is 0.0955. The zero-order valence-corrected chi connectivity index (χ0v) is 13.5. The minimum atomic E-state index is 0.00478. The molecule has 0 fully saturated rings. The van der Waals surface area contributed by atoms with Crippen LogP contribution in [0.5, 0.6) is 0 Å². The van der Waals surface area contributed by atoms with Crippen LogP contribution in [-0.2, 0) is 12.8 Å². The summed E-state index contributed by atoms with van der Waals surface area (Å²) >= 11 is 1.64. The van der Waals surface area contributed by atoms with Crippen LogP contribution in [0.25, 0.3) is 0 Å². The number of aliphatic hydroxyl groups excluding tert-OH is 1. The third-order valence-corrected chi connectivity index (χ3v) is 5.39. The van der Waals surface area contributed by atoms with Crippen LogP contribution in [0.15, 0.2) is 6.07 Å². The van der Waals surface area contributed by atoms with Gasteiger partial charge >= 0.3 is 0 Å². The maximum absolute atomic E-state index is 12.0. The Balaban J connectivity index is 2.03. The van der Waals surface area contributed by atoms with E-state index in [0.29, 0.717) is 24.3 Å². The van der Waals surface area contributed by atoms with Gasteiger partial charge in [-0.3, -0.25) is 4.79 Å². The lowest BCUT2D eigenvalue weighted by atomic mass is 9.72. The molecule has 2 N–H and O–H groups in total. The number of fused-ring (bicyclic) bond motifs is 1. The highest BCUT2D eigenvalue weighted by Crippen LogP contribution is 2.39. The molecule has 0 bridgehead atoms. The first-order valence-electron chi connectivity index (χ1n) is 7.42. The number of hydrogen-bond acceptors (Lipinski definition) is 3. The van der Waals surface area contributed by atoms with E-state index in [-0.39, 0.29) is 12.5 Å². The minimum Gasteiger partial charge on any atom is -0.396 e. The Labute approximate surface area is 125 Å². The molecule has 2 rings (SSSR count). The van der Waals surface area contributed by atoms with Crippen LogP contribution in [0.3, 0.4) is 0 Å². The van der Waals surface area contributed by atoms with Crippen LogP contribution in [0.1, 0.15) is 53.7 Å². The van der Waals surface area contributed by atoms with Crippen molar-refractivity contribution in [2.45, 2.75) is 46.5 Å². The molecule has 20 heavy (non-hydrogen) atoms. The smallest absolute Gasteiger partial charge is 0.261 e. The van der Waals surface area contributed by atoms with Gasteiger partial charge in [0, 0.05) is 18.0 Å². The SMILES string of the molecule is CC(C)(C)C1CCc2sc(C(=O)NCCCO)cc2C1. The van der Waals surface area contributed by atoms with Crippen LogP contribution in [0.2, 0.25) is 0 Å². The normalized spacial score (nSPS) is 18.7. The molecular weight excluding hydrogens is 270 g/mol. The van der Waals surface area contributed by atoms with Crippen molar-refractivity contribution in [1.29, 1.82) is 0 Å². The van der Waals surface area contributed by atoms with Crippen LogP contribution >= 0.6 is 11.3 Å². The van der Waals surface area contributed by atoms with Gasteiger partial charge in [0.15, 0.2) is 0 Å². The highest BCUT2D eigenvalue weighted by Gasteiger charge is 2.30. The third kappa shape index (κ3) is 3.61. The summed E-state index contributed by atoms with van der Waals surface area (Å²) in [5.41, 5.74) is 1.71. The van der Waals surface area contributed by atoms with Gasteiger partial charge in [0.1, 0.15) is 0 Å². The van der Waals surface area contributed by atoms with Gasteiger partial charge in [-0.15, -0.1) is 11.3 Å².